The molecule has 0 aliphatic carbocycles. The van der Waals surface area contributed by atoms with E-state index in [1.807, 2.05) is 0 Å². The van der Waals surface area contributed by atoms with Crippen LogP contribution in [0.1, 0.15) is 24.0 Å². The van der Waals surface area contributed by atoms with Crippen LogP contribution in [0.25, 0.3) is 5.57 Å². The van der Waals surface area contributed by atoms with Gasteiger partial charge in [-0.25, -0.2) is 8.42 Å². The number of benzene rings is 2. The number of sulfonamides is 1. The molecule has 2 aromatic rings. The van der Waals surface area contributed by atoms with E-state index in [2.05, 4.69) is 0 Å². The van der Waals surface area contributed by atoms with Gasteiger partial charge in [0.05, 0.1) is 32.7 Å². The van der Waals surface area contributed by atoms with Gasteiger partial charge in [-0.05, 0) is 48.7 Å². The van der Waals surface area contributed by atoms with E-state index >= 15 is 0 Å². The predicted octanol–water partition coefficient (Wildman–Crippen LogP) is 4.13. The zero-order chi connectivity index (χ0) is 23.0. The van der Waals surface area contributed by atoms with Crippen molar-refractivity contribution in [2.24, 2.45) is 0 Å². The molecule has 0 saturated carbocycles. The van der Waals surface area contributed by atoms with Crippen LogP contribution in [-0.4, -0.2) is 31.7 Å². The number of anilines is 1. The summed E-state index contributed by atoms with van der Waals surface area (Å²) in [6, 6.07) is 12.8. The number of allylic oxidation sites excluding steroid dienone is 1. The lowest BCUT2D eigenvalue weighted by atomic mass is 10.0. The van der Waals surface area contributed by atoms with Gasteiger partial charge in [-0.15, -0.1) is 0 Å². The zero-order valence-corrected chi connectivity index (χ0v) is 19.0. The van der Waals surface area contributed by atoms with Crippen LogP contribution in [0, 0.1) is 22.7 Å². The van der Waals surface area contributed by atoms with Crippen molar-refractivity contribution in [1.29, 1.82) is 10.5 Å². The maximum Gasteiger partial charge on any atom is 0.261 e. The fourth-order valence-electron chi connectivity index (χ4n) is 3.90. The van der Waals surface area contributed by atoms with Crippen LogP contribution in [-0.2, 0) is 21.4 Å². The Kier molecular flexibility index (Phi) is 5.98. The number of amides is 1. The Hall–Kier alpha value is -2.88. The van der Waals surface area contributed by atoms with E-state index in [0.29, 0.717) is 34.4 Å². The van der Waals surface area contributed by atoms with Gasteiger partial charge in [0.1, 0.15) is 17.7 Å². The average Bonchev–Trinajstić information content (AvgIpc) is 3.41. The van der Waals surface area contributed by atoms with Crippen molar-refractivity contribution in [3.05, 3.63) is 63.1 Å². The Morgan fingerprint density at radius 1 is 1.00 bits per heavy atom. The summed E-state index contributed by atoms with van der Waals surface area (Å²) in [5.74, 6) is -0.556. The molecule has 0 spiro atoms. The third-order valence-corrected chi connectivity index (χ3v) is 8.12. The first-order valence-electron chi connectivity index (χ1n) is 9.72. The number of hydrogen-bond donors (Lipinski definition) is 0. The molecule has 4 rings (SSSR count). The average molecular weight is 487 g/mol. The maximum absolute atomic E-state index is 13.2. The number of halogens is 2. The number of carbonyl (C=O) groups is 1. The lowest BCUT2D eigenvalue weighted by Gasteiger charge is -2.19. The van der Waals surface area contributed by atoms with Crippen molar-refractivity contribution in [3.8, 4) is 12.1 Å². The summed E-state index contributed by atoms with van der Waals surface area (Å²) in [5.41, 5.74) is 0.865. The topological polar surface area (TPSA) is 105 Å². The highest BCUT2D eigenvalue weighted by Crippen LogP contribution is 2.41. The third-order valence-electron chi connectivity index (χ3n) is 5.49. The van der Waals surface area contributed by atoms with Crippen LogP contribution >= 0.6 is 23.2 Å². The highest BCUT2D eigenvalue weighted by molar-refractivity contribution is 7.89. The summed E-state index contributed by atoms with van der Waals surface area (Å²) < 4.78 is 27.5. The van der Waals surface area contributed by atoms with Crippen LogP contribution < -0.4 is 4.90 Å². The summed E-state index contributed by atoms with van der Waals surface area (Å²) in [6.07, 6.45) is 1.58. The molecular weight excluding hydrogens is 471 g/mol. The van der Waals surface area contributed by atoms with E-state index in [9.17, 15) is 23.7 Å². The smallest absolute Gasteiger partial charge is 0.261 e. The lowest BCUT2D eigenvalue weighted by molar-refractivity contribution is -0.113. The summed E-state index contributed by atoms with van der Waals surface area (Å²) in [6.45, 7) is 0.979. The minimum atomic E-state index is -3.74. The van der Waals surface area contributed by atoms with E-state index in [0.717, 1.165) is 12.8 Å². The number of hydrogen-bond acceptors (Lipinski definition) is 5. The number of nitrogens with zero attached hydrogens (tertiary/aromatic N) is 4. The third kappa shape index (κ3) is 3.76. The van der Waals surface area contributed by atoms with E-state index in [1.54, 1.807) is 30.3 Å². The summed E-state index contributed by atoms with van der Waals surface area (Å²) >= 11 is 12.1. The van der Waals surface area contributed by atoms with Crippen LogP contribution in [0.5, 0.6) is 0 Å². The molecule has 7 nitrogen and oxygen atoms in total. The molecule has 10 heteroatoms. The van der Waals surface area contributed by atoms with Crippen molar-refractivity contribution in [3.63, 3.8) is 0 Å². The van der Waals surface area contributed by atoms with Crippen molar-refractivity contribution >= 4 is 50.4 Å². The molecule has 0 atom stereocenters. The molecule has 32 heavy (non-hydrogen) atoms. The van der Waals surface area contributed by atoms with Crippen LogP contribution in [0.15, 0.2) is 46.9 Å². The van der Waals surface area contributed by atoms with E-state index < -0.39 is 15.9 Å². The molecule has 0 N–H and O–H groups in total. The molecule has 0 aromatic heterocycles. The molecule has 162 valence electrons. The SMILES string of the molecule is N#CC(C#N)=C1C(=O)N(Cc2ccc(Cl)c(Cl)c2)c2ccc(S(=O)(=O)N3CCCC3)cc21. The molecule has 1 amide bonds. The number of rotatable bonds is 4. The van der Waals surface area contributed by atoms with Gasteiger partial charge < -0.3 is 4.90 Å². The molecule has 2 aromatic carbocycles. The van der Waals surface area contributed by atoms with Crippen molar-refractivity contribution in [1.82, 2.24) is 4.31 Å². The zero-order valence-electron chi connectivity index (χ0n) is 16.7. The lowest BCUT2D eigenvalue weighted by Crippen LogP contribution is -2.28. The molecular formula is C22H16Cl2N4O3S. The highest BCUT2D eigenvalue weighted by atomic mass is 35.5. The largest absolute Gasteiger partial charge is 0.303 e. The van der Waals surface area contributed by atoms with Gasteiger partial charge in [0.15, 0.2) is 0 Å². The monoisotopic (exact) mass is 486 g/mol. The Balaban J connectivity index is 1.83. The second-order valence-corrected chi connectivity index (χ2v) is 10.2. The van der Waals surface area contributed by atoms with Gasteiger partial charge in [-0.3, -0.25) is 4.79 Å². The van der Waals surface area contributed by atoms with Gasteiger partial charge in [-0.2, -0.15) is 14.8 Å². The summed E-state index contributed by atoms with van der Waals surface area (Å²) in [4.78, 5) is 14.7. The summed E-state index contributed by atoms with van der Waals surface area (Å²) in [7, 11) is -3.74. The second kappa shape index (κ2) is 8.57. The van der Waals surface area contributed by atoms with Crippen molar-refractivity contribution in [2.45, 2.75) is 24.3 Å². The highest BCUT2D eigenvalue weighted by Gasteiger charge is 2.37. The molecule has 0 radical (unpaired) electrons. The fraction of sp³-hybridized carbons (Fsp3) is 0.227. The van der Waals surface area contributed by atoms with Crippen LogP contribution in [0.4, 0.5) is 5.69 Å². The van der Waals surface area contributed by atoms with Gasteiger partial charge in [0, 0.05) is 18.7 Å². The normalized spacial score (nSPS) is 16.1. The van der Waals surface area contributed by atoms with Gasteiger partial charge in [-0.1, -0.05) is 29.3 Å². The first kappa shape index (κ1) is 22.3. The molecule has 1 fully saturated rings. The number of nitriles is 2. The van der Waals surface area contributed by atoms with Crippen molar-refractivity contribution < 1.29 is 13.2 Å². The fourth-order valence-corrected chi connectivity index (χ4v) is 5.77. The van der Waals surface area contributed by atoms with Crippen LogP contribution in [0.2, 0.25) is 10.0 Å². The molecule has 0 unspecified atom stereocenters. The minimum Gasteiger partial charge on any atom is -0.303 e. The second-order valence-electron chi connectivity index (χ2n) is 7.40. The maximum atomic E-state index is 13.2. The Morgan fingerprint density at radius 3 is 2.31 bits per heavy atom. The van der Waals surface area contributed by atoms with E-state index in [-0.39, 0.29) is 28.1 Å². The van der Waals surface area contributed by atoms with Crippen LogP contribution in [0.3, 0.4) is 0 Å². The van der Waals surface area contributed by atoms with Gasteiger partial charge in [0.25, 0.3) is 5.91 Å². The molecule has 2 aliphatic heterocycles. The standard InChI is InChI=1S/C22H16Cl2N4O3S/c23-18-5-3-14(9-19(18)24)13-28-20-6-4-16(32(30,31)27-7-1-2-8-27)10-17(20)21(22(28)29)15(11-25)12-26/h3-6,9-10H,1-2,7-8,13H2. The quantitative estimate of drug-likeness (QED) is 0.477. The molecule has 2 heterocycles. The molecule has 1 saturated heterocycles. The first-order valence-corrected chi connectivity index (χ1v) is 11.9. The summed E-state index contributed by atoms with van der Waals surface area (Å²) in [5, 5.41) is 19.5. The van der Waals surface area contributed by atoms with E-state index in [4.69, 9.17) is 23.2 Å². The Morgan fingerprint density at radius 2 is 1.69 bits per heavy atom. The predicted molar refractivity (Wildman–Crippen MR) is 120 cm³/mol. The van der Waals surface area contributed by atoms with Gasteiger partial charge in [0.2, 0.25) is 10.0 Å². The number of fused-ring (bicyclic) bond motifs is 1. The van der Waals surface area contributed by atoms with Gasteiger partial charge >= 0.3 is 0 Å². The Labute approximate surface area is 195 Å². The van der Waals surface area contributed by atoms with E-state index in [1.165, 1.54) is 27.4 Å². The Bertz CT molecular complexity index is 1330. The number of carbonyl (C=O) groups excluding carboxylic acids is 1. The molecule has 0 bridgehead atoms. The first-order chi connectivity index (χ1) is 15.3. The van der Waals surface area contributed by atoms with Crippen molar-refractivity contribution in [2.75, 3.05) is 18.0 Å². The molecule has 2 aliphatic rings. The minimum absolute atomic E-state index is 0.0232.